The van der Waals surface area contributed by atoms with Gasteiger partial charge in [0.15, 0.2) is 0 Å². The fourth-order valence-corrected chi connectivity index (χ4v) is 3.02. The molecule has 1 aliphatic heterocycles. The number of allylic oxidation sites excluding steroid dienone is 1. The third-order valence-corrected chi connectivity index (χ3v) is 4.23. The third-order valence-electron chi connectivity index (χ3n) is 4.23. The molecule has 4 nitrogen and oxygen atoms in total. The molecule has 1 aliphatic rings. The molecule has 0 radical (unpaired) electrons. The van der Waals surface area contributed by atoms with Crippen LogP contribution < -0.4 is 26.8 Å². The summed E-state index contributed by atoms with van der Waals surface area (Å²) in [5, 5.41) is 8.95. The molecule has 4 heteroatoms. The summed E-state index contributed by atoms with van der Waals surface area (Å²) in [6.07, 6.45) is 5.45. The normalized spacial score (nSPS) is 16.1. The third kappa shape index (κ3) is 3.34. The minimum absolute atomic E-state index is 0.441. The molecule has 1 fully saturated rings. The van der Waals surface area contributed by atoms with Crippen LogP contribution in [0.1, 0.15) is 11.4 Å². The average Bonchev–Trinajstić information content (AvgIpc) is 2.50. The number of benzene rings is 1. The Morgan fingerprint density at radius 1 is 1.17 bits per heavy atom. The van der Waals surface area contributed by atoms with Crippen LogP contribution in [0.25, 0.3) is 23.4 Å². The Bertz CT molecular complexity index is 859. The maximum absolute atomic E-state index is 5.91. The van der Waals surface area contributed by atoms with Crippen LogP contribution in [0.2, 0.25) is 0 Å². The molecular weight excluding hydrogens is 296 g/mol. The van der Waals surface area contributed by atoms with Crippen molar-refractivity contribution in [2.75, 3.05) is 18.4 Å². The van der Waals surface area contributed by atoms with E-state index in [0.717, 1.165) is 51.7 Å². The zero-order valence-electron chi connectivity index (χ0n) is 14.3. The number of aromatic nitrogens is 1. The van der Waals surface area contributed by atoms with Crippen molar-refractivity contribution in [1.82, 2.24) is 10.3 Å². The fourth-order valence-electron chi connectivity index (χ4n) is 3.02. The van der Waals surface area contributed by atoms with E-state index in [0.29, 0.717) is 6.04 Å². The van der Waals surface area contributed by atoms with Crippen LogP contribution in [0, 0.1) is 13.8 Å². The second kappa shape index (κ2) is 6.89. The van der Waals surface area contributed by atoms with Gasteiger partial charge in [0.05, 0.1) is 6.04 Å². The van der Waals surface area contributed by atoms with Crippen LogP contribution in [0.15, 0.2) is 36.9 Å². The van der Waals surface area contributed by atoms with E-state index in [1.165, 1.54) is 0 Å². The first-order valence-corrected chi connectivity index (χ1v) is 8.22. The van der Waals surface area contributed by atoms with Crippen molar-refractivity contribution in [3.63, 3.8) is 0 Å². The average molecular weight is 320 g/mol. The molecule has 0 bridgehead atoms. The number of nitrogens with zero attached hydrogens (tertiary/aromatic N) is 1. The van der Waals surface area contributed by atoms with Gasteiger partial charge in [-0.1, -0.05) is 18.7 Å². The highest BCUT2D eigenvalue weighted by Gasteiger charge is 2.17. The van der Waals surface area contributed by atoms with Gasteiger partial charge in [-0.15, -0.1) is 0 Å². The Morgan fingerprint density at radius 2 is 1.83 bits per heavy atom. The molecule has 4 N–H and O–H groups in total. The summed E-state index contributed by atoms with van der Waals surface area (Å²) in [4.78, 5) is 4.47. The lowest BCUT2D eigenvalue weighted by molar-refractivity contribution is 0.472. The lowest BCUT2D eigenvalue weighted by atomic mass is 10.0. The fraction of sp³-hybridized carbons (Fsp3) is 0.250. The molecule has 0 atom stereocenters. The number of nitrogens with one attached hydrogen (secondary N) is 2. The summed E-state index contributed by atoms with van der Waals surface area (Å²) < 4.78 is 0. The van der Waals surface area contributed by atoms with Crippen molar-refractivity contribution in [3.05, 3.63) is 58.7 Å². The first kappa shape index (κ1) is 16.3. The van der Waals surface area contributed by atoms with E-state index in [2.05, 4.69) is 46.5 Å². The van der Waals surface area contributed by atoms with E-state index >= 15 is 0 Å². The van der Waals surface area contributed by atoms with Crippen LogP contribution in [-0.4, -0.2) is 24.1 Å². The minimum atomic E-state index is 0.441. The molecule has 3 rings (SSSR count). The minimum Gasteiger partial charge on any atom is -0.404 e. The molecular formula is C20H24N4. The van der Waals surface area contributed by atoms with Crippen LogP contribution in [0.4, 0.5) is 5.69 Å². The molecule has 24 heavy (non-hydrogen) atoms. The van der Waals surface area contributed by atoms with Crippen molar-refractivity contribution in [2.45, 2.75) is 19.9 Å². The zero-order chi connectivity index (χ0) is 17.1. The Hall–Kier alpha value is -2.59. The van der Waals surface area contributed by atoms with Gasteiger partial charge in [-0.25, -0.2) is 0 Å². The van der Waals surface area contributed by atoms with Crippen molar-refractivity contribution in [2.24, 2.45) is 5.73 Å². The quantitative estimate of drug-likeness (QED) is 0.797. The van der Waals surface area contributed by atoms with Gasteiger partial charge in [0, 0.05) is 41.6 Å². The Kier molecular flexibility index (Phi) is 4.67. The van der Waals surface area contributed by atoms with Gasteiger partial charge in [-0.3, -0.25) is 4.98 Å². The van der Waals surface area contributed by atoms with Crippen molar-refractivity contribution in [3.8, 4) is 11.1 Å². The van der Waals surface area contributed by atoms with Crippen LogP contribution in [0.3, 0.4) is 0 Å². The Labute approximate surface area is 142 Å². The van der Waals surface area contributed by atoms with Gasteiger partial charge >= 0.3 is 0 Å². The number of aryl methyl sites for hydroxylation is 2. The smallest absolute Gasteiger partial charge is 0.0510 e. The van der Waals surface area contributed by atoms with Crippen LogP contribution in [-0.2, 0) is 0 Å². The van der Waals surface area contributed by atoms with Gasteiger partial charge in [-0.05, 0) is 54.5 Å². The molecule has 0 amide bonds. The predicted molar refractivity (Wildman–Crippen MR) is 102 cm³/mol. The lowest BCUT2D eigenvalue weighted by Crippen LogP contribution is -2.52. The molecule has 1 saturated heterocycles. The Balaban J connectivity index is 2.19. The number of rotatable bonds is 4. The maximum atomic E-state index is 5.91. The second-order valence-electron chi connectivity index (χ2n) is 6.23. The first-order chi connectivity index (χ1) is 11.6. The molecule has 2 heterocycles. The van der Waals surface area contributed by atoms with E-state index in [1.54, 1.807) is 12.3 Å². The summed E-state index contributed by atoms with van der Waals surface area (Å²) in [5.41, 5.74) is 11.3. The highest BCUT2D eigenvalue weighted by Crippen LogP contribution is 2.21. The first-order valence-electron chi connectivity index (χ1n) is 8.22. The van der Waals surface area contributed by atoms with E-state index in [4.69, 9.17) is 5.73 Å². The molecule has 0 saturated carbocycles. The highest BCUT2D eigenvalue weighted by atomic mass is 15.1. The lowest BCUT2D eigenvalue weighted by Gasteiger charge is -2.29. The van der Waals surface area contributed by atoms with Crippen molar-refractivity contribution >= 4 is 18.0 Å². The zero-order valence-corrected chi connectivity index (χ0v) is 14.3. The van der Waals surface area contributed by atoms with Gasteiger partial charge in [-0.2, -0.15) is 0 Å². The largest absolute Gasteiger partial charge is 0.404 e. The van der Waals surface area contributed by atoms with Gasteiger partial charge < -0.3 is 16.4 Å². The molecule has 0 aliphatic carbocycles. The summed E-state index contributed by atoms with van der Waals surface area (Å²) in [5.74, 6) is 0. The predicted octanol–water partition coefficient (Wildman–Crippen LogP) is 1.41. The van der Waals surface area contributed by atoms with Crippen LogP contribution in [0.5, 0.6) is 0 Å². The number of anilines is 1. The summed E-state index contributed by atoms with van der Waals surface area (Å²) in [6.45, 7) is 9.82. The highest BCUT2D eigenvalue weighted by molar-refractivity contribution is 5.70. The van der Waals surface area contributed by atoms with E-state index in [1.807, 2.05) is 19.9 Å². The van der Waals surface area contributed by atoms with Crippen molar-refractivity contribution < 1.29 is 0 Å². The van der Waals surface area contributed by atoms with E-state index in [-0.39, 0.29) is 0 Å². The maximum Gasteiger partial charge on any atom is 0.0510 e. The van der Waals surface area contributed by atoms with E-state index in [9.17, 15) is 0 Å². The standard InChI is InChI=1S/C20H24N4/c1-4-5-15-8-17(16-6-13(2)23-14(3)7-16)9-20(19(15)10-21)24-18-11-22-12-18/h4-10,18,22,24H,1,11-12,21H2,2-3H3/b15-5-,19-10+. The van der Waals surface area contributed by atoms with Crippen LogP contribution >= 0.6 is 0 Å². The monoisotopic (exact) mass is 320 g/mol. The second-order valence-corrected chi connectivity index (χ2v) is 6.23. The molecule has 124 valence electrons. The summed E-state index contributed by atoms with van der Waals surface area (Å²) in [7, 11) is 0. The molecule has 1 aromatic heterocycles. The molecule has 0 unspecified atom stereocenters. The van der Waals surface area contributed by atoms with Gasteiger partial charge in [0.1, 0.15) is 0 Å². The Morgan fingerprint density at radius 3 is 2.38 bits per heavy atom. The molecule has 0 spiro atoms. The number of hydrogen-bond donors (Lipinski definition) is 3. The van der Waals surface area contributed by atoms with Crippen molar-refractivity contribution in [1.29, 1.82) is 0 Å². The SMILES string of the molecule is C=C/C=c1/cc(-c2cc(C)nc(C)c2)cc(NC2CNC2)/c1=C/N. The topological polar surface area (TPSA) is 63.0 Å². The number of hydrogen-bond acceptors (Lipinski definition) is 4. The van der Waals surface area contributed by atoms with E-state index < -0.39 is 0 Å². The molecule has 1 aromatic carbocycles. The van der Waals surface area contributed by atoms with Gasteiger partial charge in [0.25, 0.3) is 0 Å². The summed E-state index contributed by atoms with van der Waals surface area (Å²) >= 11 is 0. The molecule has 2 aromatic rings. The number of nitrogens with two attached hydrogens (primary N) is 1. The summed E-state index contributed by atoms with van der Waals surface area (Å²) in [6, 6.07) is 8.99. The number of pyridine rings is 1. The van der Waals surface area contributed by atoms with Gasteiger partial charge in [0.2, 0.25) is 0 Å².